The van der Waals surface area contributed by atoms with Crippen LogP contribution >= 0.6 is 11.3 Å². The van der Waals surface area contributed by atoms with Crippen LogP contribution in [0.4, 0.5) is 4.79 Å². The summed E-state index contributed by atoms with van der Waals surface area (Å²) in [6, 6.07) is 21.4. The first-order valence-corrected chi connectivity index (χ1v) is 13.0. The van der Waals surface area contributed by atoms with Gasteiger partial charge in [0.15, 0.2) is 0 Å². The van der Waals surface area contributed by atoms with E-state index in [1.54, 1.807) is 19.1 Å². The normalized spacial score (nSPS) is 11.9. The molecule has 0 fully saturated rings. The molecule has 2 aromatic carbocycles. The van der Waals surface area contributed by atoms with Gasteiger partial charge in [-0.05, 0) is 42.5 Å². The number of hydrogen-bond acceptors (Lipinski definition) is 7. The number of oxime groups is 1. The van der Waals surface area contributed by atoms with Gasteiger partial charge in [-0.2, -0.15) is 0 Å². The maximum Gasteiger partial charge on any atom is 0.408 e. The maximum absolute atomic E-state index is 12.7. The van der Waals surface area contributed by atoms with Crippen LogP contribution in [0.1, 0.15) is 52.9 Å². The van der Waals surface area contributed by atoms with E-state index in [1.165, 1.54) is 11.3 Å². The Bertz CT molecular complexity index is 1230. The Kier molecular flexibility index (Phi) is 10.9. The Labute approximate surface area is 226 Å². The zero-order chi connectivity index (χ0) is 27.3. The van der Waals surface area contributed by atoms with E-state index in [0.717, 1.165) is 16.0 Å². The van der Waals surface area contributed by atoms with E-state index in [4.69, 9.17) is 9.57 Å². The molecule has 0 aliphatic carbocycles. The predicted octanol–water partition coefficient (Wildman–Crippen LogP) is 4.79. The largest absolute Gasteiger partial charge is 0.445 e. The van der Waals surface area contributed by atoms with E-state index in [-0.39, 0.29) is 12.5 Å². The van der Waals surface area contributed by atoms with Gasteiger partial charge in [-0.1, -0.05) is 79.7 Å². The lowest BCUT2D eigenvalue weighted by Gasteiger charge is -2.20. The summed E-state index contributed by atoms with van der Waals surface area (Å²) in [7, 11) is 0. The third kappa shape index (κ3) is 9.36. The third-order valence-electron chi connectivity index (χ3n) is 5.29. The SMILES string of the molecule is C/C(=N\OCc1ccccc1)c1ccc(C(=O)NNC(=O)[C@H](CC(C)C)NC(=O)OCc2ccccc2)s1. The predicted molar refractivity (Wildman–Crippen MR) is 146 cm³/mol. The molecule has 0 saturated heterocycles. The van der Waals surface area contributed by atoms with Crippen LogP contribution in [0.25, 0.3) is 0 Å². The van der Waals surface area contributed by atoms with Crippen LogP contribution in [0, 0.1) is 5.92 Å². The second-order valence-corrected chi connectivity index (χ2v) is 10.0. The molecule has 1 heterocycles. The van der Waals surface area contributed by atoms with E-state index in [2.05, 4.69) is 21.3 Å². The molecule has 0 unspecified atom stereocenters. The fourth-order valence-corrected chi connectivity index (χ4v) is 4.19. The molecule has 1 atom stereocenters. The molecule has 1 aromatic heterocycles. The first kappa shape index (κ1) is 28.4. The summed E-state index contributed by atoms with van der Waals surface area (Å²) < 4.78 is 5.23. The molecule has 3 rings (SSSR count). The van der Waals surface area contributed by atoms with Gasteiger partial charge in [-0.25, -0.2) is 4.79 Å². The van der Waals surface area contributed by atoms with Crippen LogP contribution in [-0.4, -0.2) is 29.7 Å². The van der Waals surface area contributed by atoms with Crippen molar-refractivity contribution in [3.05, 3.63) is 93.7 Å². The lowest BCUT2D eigenvalue weighted by molar-refractivity contribution is -0.124. The first-order valence-electron chi connectivity index (χ1n) is 12.2. The number of hydrazine groups is 1. The van der Waals surface area contributed by atoms with Crippen molar-refractivity contribution in [1.82, 2.24) is 16.2 Å². The van der Waals surface area contributed by atoms with Crippen molar-refractivity contribution in [2.45, 2.75) is 46.4 Å². The van der Waals surface area contributed by atoms with Crippen molar-refractivity contribution in [3.63, 3.8) is 0 Å². The molecule has 3 aromatic rings. The van der Waals surface area contributed by atoms with Gasteiger partial charge in [-0.15, -0.1) is 11.3 Å². The van der Waals surface area contributed by atoms with Gasteiger partial charge in [0.05, 0.1) is 15.5 Å². The summed E-state index contributed by atoms with van der Waals surface area (Å²) in [6.07, 6.45) is -0.350. The third-order valence-corrected chi connectivity index (χ3v) is 6.48. The molecule has 0 radical (unpaired) electrons. The molecule has 3 N–H and O–H groups in total. The van der Waals surface area contributed by atoms with Gasteiger partial charge in [0.2, 0.25) is 0 Å². The fourth-order valence-electron chi connectivity index (χ4n) is 3.35. The summed E-state index contributed by atoms with van der Waals surface area (Å²) >= 11 is 1.22. The maximum atomic E-state index is 12.7. The molecular weight excluding hydrogens is 504 g/mol. The number of carbonyl (C=O) groups excluding carboxylic acids is 3. The number of carbonyl (C=O) groups is 3. The van der Waals surface area contributed by atoms with Gasteiger partial charge in [-0.3, -0.25) is 20.4 Å². The van der Waals surface area contributed by atoms with Crippen molar-refractivity contribution in [1.29, 1.82) is 0 Å². The molecule has 10 heteroatoms. The molecule has 0 aliphatic rings. The number of thiophene rings is 1. The minimum absolute atomic E-state index is 0.0835. The zero-order valence-corrected chi connectivity index (χ0v) is 22.4. The monoisotopic (exact) mass is 536 g/mol. The van der Waals surface area contributed by atoms with E-state index in [1.807, 2.05) is 74.5 Å². The highest BCUT2D eigenvalue weighted by Gasteiger charge is 2.23. The number of ether oxygens (including phenoxy) is 1. The Hall–Kier alpha value is -4.18. The minimum atomic E-state index is -0.881. The molecule has 0 bridgehead atoms. The highest BCUT2D eigenvalue weighted by atomic mass is 32.1. The van der Waals surface area contributed by atoms with Crippen molar-refractivity contribution < 1.29 is 24.0 Å². The van der Waals surface area contributed by atoms with Crippen LogP contribution in [0.2, 0.25) is 0 Å². The van der Waals surface area contributed by atoms with Crippen molar-refractivity contribution in [2.75, 3.05) is 0 Å². The summed E-state index contributed by atoms with van der Waals surface area (Å²) in [5.74, 6) is -0.919. The van der Waals surface area contributed by atoms with E-state index < -0.39 is 23.9 Å². The Morgan fingerprint density at radius 2 is 1.45 bits per heavy atom. The molecule has 38 heavy (non-hydrogen) atoms. The standard InChI is InChI=1S/C28H32N4O5S/c1-19(2)16-23(29-28(35)36-17-21-10-6-4-7-11-21)26(33)30-31-27(34)25-15-14-24(38-25)20(3)32-37-18-22-12-8-5-9-13-22/h4-15,19,23H,16-18H2,1-3H3,(H,29,35)(H,30,33)(H,31,34)/b32-20+/t23-/m0/s1. The number of hydrogen-bond donors (Lipinski definition) is 3. The highest BCUT2D eigenvalue weighted by Crippen LogP contribution is 2.18. The summed E-state index contributed by atoms with van der Waals surface area (Å²) in [6.45, 7) is 6.07. The van der Waals surface area contributed by atoms with Crippen LogP contribution in [0.3, 0.4) is 0 Å². The van der Waals surface area contributed by atoms with Crippen LogP contribution in [-0.2, 0) is 27.6 Å². The van der Waals surface area contributed by atoms with Gasteiger partial charge in [0.1, 0.15) is 19.3 Å². The van der Waals surface area contributed by atoms with Gasteiger partial charge >= 0.3 is 6.09 Å². The number of nitrogens with one attached hydrogen (secondary N) is 3. The Balaban J connectivity index is 1.49. The van der Waals surface area contributed by atoms with E-state index in [0.29, 0.717) is 23.6 Å². The molecule has 200 valence electrons. The average molecular weight is 537 g/mol. The Morgan fingerprint density at radius 3 is 2.08 bits per heavy atom. The van der Waals surface area contributed by atoms with Gasteiger partial charge < -0.3 is 14.9 Å². The van der Waals surface area contributed by atoms with Crippen LogP contribution in [0.15, 0.2) is 78.0 Å². The molecule has 0 saturated carbocycles. The number of alkyl carbamates (subject to hydrolysis) is 1. The van der Waals surface area contributed by atoms with Crippen LogP contribution < -0.4 is 16.2 Å². The summed E-state index contributed by atoms with van der Waals surface area (Å²) in [5, 5.41) is 6.70. The molecule has 3 amide bonds. The highest BCUT2D eigenvalue weighted by molar-refractivity contribution is 7.16. The number of amides is 3. The van der Waals surface area contributed by atoms with E-state index >= 15 is 0 Å². The van der Waals surface area contributed by atoms with Gasteiger partial charge in [0, 0.05) is 0 Å². The molecule has 0 aliphatic heterocycles. The zero-order valence-electron chi connectivity index (χ0n) is 21.6. The topological polar surface area (TPSA) is 118 Å². The van der Waals surface area contributed by atoms with Crippen LogP contribution in [0.5, 0.6) is 0 Å². The lowest BCUT2D eigenvalue weighted by atomic mass is 10.0. The average Bonchev–Trinajstić information content (AvgIpc) is 3.42. The lowest BCUT2D eigenvalue weighted by Crippen LogP contribution is -2.52. The molecular formula is C28H32N4O5S. The van der Waals surface area contributed by atoms with E-state index in [9.17, 15) is 14.4 Å². The van der Waals surface area contributed by atoms with Crippen molar-refractivity contribution in [2.24, 2.45) is 11.1 Å². The Morgan fingerprint density at radius 1 is 0.842 bits per heavy atom. The number of benzene rings is 2. The summed E-state index contributed by atoms with van der Waals surface area (Å²) in [5.41, 5.74) is 7.27. The molecule has 9 nitrogen and oxygen atoms in total. The second kappa shape index (κ2) is 14.5. The molecule has 0 spiro atoms. The number of nitrogens with zero attached hydrogens (tertiary/aromatic N) is 1. The smallest absolute Gasteiger partial charge is 0.408 e. The first-order chi connectivity index (χ1) is 18.3. The minimum Gasteiger partial charge on any atom is -0.445 e. The summed E-state index contributed by atoms with van der Waals surface area (Å²) in [4.78, 5) is 44.2. The number of rotatable bonds is 11. The quantitative estimate of drug-likeness (QED) is 0.241. The fraction of sp³-hybridized carbons (Fsp3) is 0.286. The van der Waals surface area contributed by atoms with Crippen molar-refractivity contribution >= 4 is 35.0 Å². The van der Waals surface area contributed by atoms with Crippen molar-refractivity contribution in [3.8, 4) is 0 Å². The van der Waals surface area contributed by atoms with Gasteiger partial charge in [0.25, 0.3) is 11.8 Å². The second-order valence-electron chi connectivity index (χ2n) is 8.93.